The summed E-state index contributed by atoms with van der Waals surface area (Å²) in [4.78, 5) is 39.3. The van der Waals surface area contributed by atoms with Crippen molar-refractivity contribution in [1.29, 1.82) is 0 Å². The molecule has 1 aromatic rings. The fourth-order valence-corrected chi connectivity index (χ4v) is 3.38. The van der Waals surface area contributed by atoms with Crippen LogP contribution in [0, 0.1) is 0 Å². The molecule has 0 aliphatic carbocycles. The summed E-state index contributed by atoms with van der Waals surface area (Å²) in [6.07, 6.45) is -1.92. The molecular formula is C9H13N2Na2O7P3S. The first-order valence-corrected chi connectivity index (χ1v) is 11.1. The van der Waals surface area contributed by atoms with Gasteiger partial charge in [0.25, 0.3) is 0 Å². The van der Waals surface area contributed by atoms with Crippen LogP contribution in [0.25, 0.3) is 0 Å². The number of hydrazine groups is 1. The van der Waals surface area contributed by atoms with Crippen LogP contribution in [0.1, 0.15) is 5.56 Å². The van der Waals surface area contributed by atoms with E-state index in [0.717, 1.165) is 0 Å². The molecule has 0 aromatic heterocycles. The van der Waals surface area contributed by atoms with E-state index in [1.54, 1.807) is 24.3 Å². The number of hydrogen-bond acceptors (Lipinski definition) is 8. The number of rotatable bonds is 9. The van der Waals surface area contributed by atoms with Crippen LogP contribution in [0.2, 0.25) is 0 Å². The van der Waals surface area contributed by atoms with E-state index >= 15 is 0 Å². The Balaban J connectivity index is 0. The van der Waals surface area contributed by atoms with Gasteiger partial charge in [-0.1, -0.05) is 12.1 Å². The summed E-state index contributed by atoms with van der Waals surface area (Å²) < 4.78 is 26.8. The summed E-state index contributed by atoms with van der Waals surface area (Å²) in [5.74, 6) is 0.552. The second kappa shape index (κ2) is 13.0. The van der Waals surface area contributed by atoms with Gasteiger partial charge in [0, 0.05) is 6.54 Å². The molecule has 0 fully saturated rings. The van der Waals surface area contributed by atoms with E-state index in [1.807, 2.05) is 0 Å². The van der Waals surface area contributed by atoms with Gasteiger partial charge in [0.2, 0.25) is 7.58 Å². The zero-order valence-corrected chi connectivity index (χ0v) is 20.6. The van der Waals surface area contributed by atoms with Crippen molar-refractivity contribution >= 4 is 34.6 Å². The van der Waals surface area contributed by atoms with E-state index < -0.39 is 27.8 Å². The Hall–Kier alpha value is 1.76. The molecule has 0 radical (unpaired) electrons. The average Bonchev–Trinajstić information content (AvgIpc) is 2.34. The van der Waals surface area contributed by atoms with Crippen molar-refractivity contribution in [2.24, 2.45) is 0 Å². The Morgan fingerprint density at radius 3 is 1.96 bits per heavy atom. The van der Waals surface area contributed by atoms with E-state index in [-0.39, 0.29) is 65.7 Å². The number of nitrogens with zero attached hydrogens (tertiary/aromatic N) is 1. The topological polar surface area (TPSA) is 145 Å². The first kappa shape index (κ1) is 28.0. The van der Waals surface area contributed by atoms with Gasteiger partial charge in [0.1, 0.15) is 20.9 Å². The van der Waals surface area contributed by atoms with Gasteiger partial charge in [-0.2, -0.15) is 0 Å². The van der Waals surface area contributed by atoms with E-state index in [4.69, 9.17) is 14.3 Å². The third-order valence-electron chi connectivity index (χ3n) is 2.27. The van der Waals surface area contributed by atoms with Crippen molar-refractivity contribution in [2.45, 2.75) is 6.54 Å². The molecule has 15 heteroatoms. The fourth-order valence-electron chi connectivity index (χ4n) is 1.49. The maximum absolute atomic E-state index is 10.9. The molecule has 2 atom stereocenters. The molecule has 0 bridgehead atoms. The number of hydrogen-bond donors (Lipinski definition) is 3. The third-order valence-corrected chi connectivity index (χ3v) is 4.18. The van der Waals surface area contributed by atoms with Crippen molar-refractivity contribution in [3.8, 4) is 5.75 Å². The zero-order valence-electron chi connectivity index (χ0n) is 13.1. The van der Waals surface area contributed by atoms with Crippen LogP contribution in [0.4, 0.5) is 0 Å². The predicted molar refractivity (Wildman–Crippen MR) is 79.4 cm³/mol. The van der Waals surface area contributed by atoms with Gasteiger partial charge in [0.05, 0.1) is 12.6 Å². The molecule has 0 aliphatic heterocycles. The Morgan fingerprint density at radius 2 is 1.58 bits per heavy atom. The van der Waals surface area contributed by atoms with E-state index in [2.05, 4.69) is 17.2 Å². The van der Waals surface area contributed by atoms with E-state index in [0.29, 0.717) is 23.9 Å². The van der Waals surface area contributed by atoms with Crippen LogP contribution in [-0.2, 0) is 27.5 Å². The van der Waals surface area contributed by atoms with Crippen LogP contribution in [-0.4, -0.2) is 27.4 Å². The molecule has 0 aliphatic rings. The maximum Gasteiger partial charge on any atom is 1.00 e. The van der Waals surface area contributed by atoms with Gasteiger partial charge in [0.15, 0.2) is 0 Å². The fraction of sp³-hybridized carbons (Fsp3) is 0.333. The molecule has 1 rings (SSSR count). The van der Waals surface area contributed by atoms with Gasteiger partial charge >= 0.3 is 59.1 Å². The number of nitrogens with one attached hydrogen (secondary N) is 1. The molecule has 0 saturated heterocycles. The van der Waals surface area contributed by atoms with Gasteiger partial charge < -0.3 is 33.2 Å². The predicted octanol–water partition coefficient (Wildman–Crippen LogP) is -6.29. The summed E-state index contributed by atoms with van der Waals surface area (Å²) in [5.41, 5.74) is 3.20. The molecule has 0 heterocycles. The number of benzene rings is 1. The van der Waals surface area contributed by atoms with Crippen molar-refractivity contribution < 1.29 is 92.3 Å². The molecule has 1 aromatic carbocycles. The van der Waals surface area contributed by atoms with Crippen LogP contribution >= 0.6 is 22.8 Å². The SMILES string of the molecule is O=P([O-])(O)CN(CP(=O)([O-])O)NCc1ccc(OP=S)cc1.[Na+].[Na+]. The van der Waals surface area contributed by atoms with Crippen LogP contribution in [0.15, 0.2) is 24.3 Å². The van der Waals surface area contributed by atoms with Crippen LogP contribution in [0.5, 0.6) is 5.75 Å². The first-order chi connectivity index (χ1) is 10.1. The van der Waals surface area contributed by atoms with Gasteiger partial charge in [-0.3, -0.25) is 0 Å². The molecule has 0 spiro atoms. The zero-order chi connectivity index (χ0) is 16.8. The molecule has 124 valence electrons. The largest absolute Gasteiger partial charge is 1.00 e. The summed E-state index contributed by atoms with van der Waals surface area (Å²) >= 11 is 4.62. The maximum atomic E-state index is 10.9. The van der Waals surface area contributed by atoms with Gasteiger partial charge in [-0.05, 0) is 29.5 Å². The minimum absolute atomic E-state index is 0. The Bertz CT molecular complexity index is 573. The molecule has 0 amide bonds. The standard InChI is InChI=1S/C9H15N2O7P3S.2Na/c12-20(13,14)6-11(7-21(15,16)17)10-5-8-1-3-9(4-2-8)18-19-22;;/h1-4,10H,5-7H2,(H2,12,13,14)(H2,15,16,17);;/q;2*+1/p-2. The molecule has 2 unspecified atom stereocenters. The molecule has 9 nitrogen and oxygen atoms in total. The average molecular weight is 432 g/mol. The van der Waals surface area contributed by atoms with E-state index in [1.165, 1.54) is 0 Å². The first-order valence-electron chi connectivity index (χ1n) is 5.72. The second-order valence-corrected chi connectivity index (χ2v) is 8.14. The van der Waals surface area contributed by atoms with Crippen LogP contribution < -0.4 is 78.9 Å². The van der Waals surface area contributed by atoms with Crippen molar-refractivity contribution in [3.63, 3.8) is 0 Å². The third kappa shape index (κ3) is 13.9. The summed E-state index contributed by atoms with van der Waals surface area (Å²) in [6, 6.07) is 6.59. The molecule has 24 heavy (non-hydrogen) atoms. The van der Waals surface area contributed by atoms with E-state index in [9.17, 15) is 18.9 Å². The minimum atomic E-state index is -4.74. The van der Waals surface area contributed by atoms with Gasteiger partial charge in [-0.25, -0.2) is 10.4 Å². The van der Waals surface area contributed by atoms with Crippen molar-refractivity contribution in [3.05, 3.63) is 29.8 Å². The molecular weight excluding hydrogens is 419 g/mol. The smallest absolute Gasteiger partial charge is 0.778 e. The summed E-state index contributed by atoms with van der Waals surface area (Å²) in [7, 11) is -9.15. The Kier molecular flexibility index (Phi) is 15.2. The monoisotopic (exact) mass is 432 g/mol. The van der Waals surface area contributed by atoms with Crippen molar-refractivity contribution in [1.82, 2.24) is 10.4 Å². The molecule has 0 saturated carbocycles. The van der Waals surface area contributed by atoms with Crippen molar-refractivity contribution in [2.75, 3.05) is 12.6 Å². The Labute approximate surface area is 190 Å². The van der Waals surface area contributed by atoms with Crippen LogP contribution in [0.3, 0.4) is 0 Å². The quantitative estimate of drug-likeness (QED) is 0.196. The van der Waals surface area contributed by atoms with Gasteiger partial charge in [-0.15, -0.1) is 0 Å². The minimum Gasteiger partial charge on any atom is -0.778 e. The summed E-state index contributed by atoms with van der Waals surface area (Å²) in [5, 5.41) is 0.688. The molecule has 3 N–H and O–H groups in total. The summed E-state index contributed by atoms with van der Waals surface area (Å²) in [6.45, 7) is 0.0753. The Morgan fingerprint density at radius 1 is 1.12 bits per heavy atom. The second-order valence-electron chi connectivity index (χ2n) is 4.24. The normalized spacial score (nSPS) is 15.7.